The van der Waals surface area contributed by atoms with Crippen molar-refractivity contribution in [3.63, 3.8) is 0 Å². The summed E-state index contributed by atoms with van der Waals surface area (Å²) in [6.07, 6.45) is 0. The van der Waals surface area contributed by atoms with Crippen LogP contribution in [-0.4, -0.2) is 26.3 Å². The van der Waals surface area contributed by atoms with Gasteiger partial charge in [-0.05, 0) is 99.6 Å². The Kier molecular flexibility index (Phi) is 9.62. The Morgan fingerprint density at radius 3 is 1.00 bits per heavy atom. The zero-order chi connectivity index (χ0) is 50.6. The lowest BCUT2D eigenvalue weighted by molar-refractivity contribution is 1.10. The first-order valence-electron chi connectivity index (χ1n) is 26.6. The summed E-state index contributed by atoms with van der Waals surface area (Å²) in [7, 11) is -2.91. The van der Waals surface area contributed by atoms with Gasteiger partial charge in [0.1, 0.15) is 0 Å². The van der Waals surface area contributed by atoms with Crippen LogP contribution in [0.15, 0.2) is 291 Å². The van der Waals surface area contributed by atoms with E-state index in [2.05, 4.69) is 309 Å². The van der Waals surface area contributed by atoms with E-state index < -0.39 is 8.07 Å². The maximum absolute atomic E-state index is 2.91. The Labute approximate surface area is 445 Å². The zero-order valence-corrected chi connectivity index (χ0v) is 43.0. The van der Waals surface area contributed by atoms with Crippen molar-refractivity contribution in [3.8, 4) is 22.7 Å². The molecule has 0 N–H and O–H groups in total. The third kappa shape index (κ3) is 6.26. The summed E-state index contributed by atoms with van der Waals surface area (Å²) < 4.78 is 10.1. The zero-order valence-electron chi connectivity index (χ0n) is 42.0. The van der Waals surface area contributed by atoms with Crippen LogP contribution < -0.4 is 20.7 Å². The summed E-state index contributed by atoms with van der Waals surface area (Å²) in [6.45, 7) is 0. The fourth-order valence-electron chi connectivity index (χ4n) is 13.4. The first kappa shape index (κ1) is 43.5. The third-order valence-electron chi connectivity index (χ3n) is 16.5. The van der Waals surface area contributed by atoms with Crippen molar-refractivity contribution in [2.45, 2.75) is 0 Å². The van der Waals surface area contributed by atoms with E-state index in [0.717, 1.165) is 44.8 Å². The predicted molar refractivity (Wildman–Crippen MR) is 327 cm³/mol. The van der Waals surface area contributed by atoms with Crippen LogP contribution in [0.4, 0.5) is 0 Å². The summed E-state index contributed by atoms with van der Waals surface area (Å²) in [5, 5.41) is 15.1. The lowest BCUT2D eigenvalue weighted by Crippen LogP contribution is -2.74. The second-order valence-electron chi connectivity index (χ2n) is 20.4. The number of benzene rings is 12. The summed E-state index contributed by atoms with van der Waals surface area (Å²) in [5.74, 6) is 0. The smallest absolute Gasteiger partial charge is 0.179 e. The molecule has 0 aliphatic rings. The molecule has 5 heteroatoms. The summed E-state index contributed by atoms with van der Waals surface area (Å²) in [4.78, 5) is 0. The Balaban J connectivity index is 1.09. The van der Waals surface area contributed by atoms with Crippen LogP contribution in [0.2, 0.25) is 0 Å². The molecule has 0 amide bonds. The lowest BCUT2D eigenvalue weighted by atomic mass is 10.1. The molecule has 4 aromatic heterocycles. The topological polar surface area (TPSA) is 19.7 Å². The van der Waals surface area contributed by atoms with Crippen molar-refractivity contribution < 1.29 is 0 Å². The molecule has 0 aliphatic carbocycles. The quantitative estimate of drug-likeness (QED) is 0.107. The van der Waals surface area contributed by atoms with Crippen molar-refractivity contribution in [3.05, 3.63) is 291 Å². The van der Waals surface area contributed by atoms with Gasteiger partial charge < -0.3 is 18.3 Å². The molecule has 0 atom stereocenters. The molecule has 0 saturated heterocycles. The maximum atomic E-state index is 2.57. The second kappa shape index (κ2) is 17.0. The van der Waals surface area contributed by atoms with Crippen LogP contribution in [0.5, 0.6) is 0 Å². The molecule has 4 nitrogen and oxygen atoms in total. The van der Waals surface area contributed by atoms with E-state index in [4.69, 9.17) is 0 Å². The van der Waals surface area contributed by atoms with Crippen LogP contribution in [0.1, 0.15) is 0 Å². The molecule has 16 aromatic rings. The van der Waals surface area contributed by atoms with E-state index in [-0.39, 0.29) is 0 Å². The molecule has 12 aromatic carbocycles. The minimum atomic E-state index is -2.91. The van der Waals surface area contributed by atoms with Gasteiger partial charge in [0.25, 0.3) is 0 Å². The van der Waals surface area contributed by atoms with Crippen molar-refractivity contribution in [1.29, 1.82) is 0 Å². The van der Waals surface area contributed by atoms with Gasteiger partial charge in [0.15, 0.2) is 8.07 Å². The lowest BCUT2D eigenvalue weighted by Gasteiger charge is -2.34. The molecule has 16 rings (SSSR count). The van der Waals surface area contributed by atoms with Gasteiger partial charge in [-0.25, -0.2) is 0 Å². The number of nitrogens with zero attached hydrogens (tertiary/aromatic N) is 4. The first-order chi connectivity index (χ1) is 38.3. The molecular formula is C72H48N4Si. The van der Waals surface area contributed by atoms with Gasteiger partial charge >= 0.3 is 0 Å². The van der Waals surface area contributed by atoms with Gasteiger partial charge in [0.2, 0.25) is 0 Å². The molecule has 360 valence electrons. The Bertz CT molecular complexity index is 4730. The van der Waals surface area contributed by atoms with E-state index >= 15 is 0 Å². The highest BCUT2D eigenvalue weighted by atomic mass is 28.3. The van der Waals surface area contributed by atoms with E-state index in [9.17, 15) is 0 Å². The maximum Gasteiger partial charge on any atom is 0.179 e. The summed E-state index contributed by atoms with van der Waals surface area (Å²) in [5.41, 5.74) is 13.8. The summed E-state index contributed by atoms with van der Waals surface area (Å²) in [6, 6.07) is 109. The molecule has 0 unspecified atom stereocenters. The minimum absolute atomic E-state index is 1.11. The van der Waals surface area contributed by atoms with E-state index in [1.165, 1.54) is 85.9 Å². The van der Waals surface area contributed by atoms with Crippen LogP contribution in [0.25, 0.3) is 110 Å². The highest BCUT2D eigenvalue weighted by Gasteiger charge is 2.41. The van der Waals surface area contributed by atoms with Crippen LogP contribution >= 0.6 is 0 Å². The van der Waals surface area contributed by atoms with Gasteiger partial charge in [-0.3, -0.25) is 0 Å². The molecule has 0 spiro atoms. The Hall–Kier alpha value is -9.94. The van der Waals surface area contributed by atoms with E-state index in [1.807, 2.05) is 0 Å². The average Bonchev–Trinajstić information content (AvgIpc) is 4.45. The monoisotopic (exact) mass is 996 g/mol. The Morgan fingerprint density at radius 2 is 0.545 bits per heavy atom. The van der Waals surface area contributed by atoms with E-state index in [0.29, 0.717) is 0 Å². The molecule has 77 heavy (non-hydrogen) atoms. The number of aromatic nitrogens is 4. The largest absolute Gasteiger partial charge is 0.309 e. The number of hydrogen-bond acceptors (Lipinski definition) is 0. The Morgan fingerprint density at radius 1 is 0.208 bits per heavy atom. The van der Waals surface area contributed by atoms with Crippen LogP contribution in [-0.2, 0) is 0 Å². The standard InChI is InChI=1S/C72H48N4Si/c1-4-24-51(25-5-1)77(52-26-6-2-7-27-52,53-28-8-3-9-29-53)54-30-22-23-49(47-54)74-68-44-43-50(73-62-37-16-10-31-55(62)56-32-11-17-38-63(56)73)48-61(68)71-69(74)45-46-70(75-64-39-18-12-33-57(64)58-34-13-19-40-65(58)75)72(71)76-66-41-20-14-35-59(66)60-36-15-21-42-67(60)76/h1-48H. The third-order valence-corrected chi connectivity index (χ3v) is 21.3. The molecule has 0 radical (unpaired) electrons. The number of fused-ring (bicyclic) bond motifs is 12. The molecule has 0 bridgehead atoms. The fourth-order valence-corrected chi connectivity index (χ4v) is 18.2. The molecule has 0 aliphatic heterocycles. The fraction of sp³-hybridized carbons (Fsp3) is 0. The SMILES string of the molecule is c1ccc([Si](c2ccccc2)(c2ccccc2)c2cccc(-n3c4ccc(-n5c6ccccc6c6ccccc65)cc4c4c(-n5c6ccccc6c6ccccc65)c(-n5c6ccccc6c6ccccc65)ccc43)c2)cc1. The van der Waals surface area contributed by atoms with Crippen molar-refractivity contribution in [1.82, 2.24) is 18.3 Å². The summed E-state index contributed by atoms with van der Waals surface area (Å²) >= 11 is 0. The molecule has 0 saturated carbocycles. The van der Waals surface area contributed by atoms with Gasteiger partial charge in [-0.1, -0.05) is 212 Å². The van der Waals surface area contributed by atoms with Gasteiger partial charge in [0.05, 0.1) is 55.5 Å². The van der Waals surface area contributed by atoms with E-state index in [1.54, 1.807) is 0 Å². The van der Waals surface area contributed by atoms with Gasteiger partial charge in [0, 0.05) is 54.5 Å². The molecular weight excluding hydrogens is 949 g/mol. The first-order valence-corrected chi connectivity index (χ1v) is 28.6. The average molecular weight is 997 g/mol. The number of rotatable bonds is 8. The van der Waals surface area contributed by atoms with Crippen molar-refractivity contribution >= 4 is 116 Å². The molecule has 4 heterocycles. The van der Waals surface area contributed by atoms with Crippen molar-refractivity contribution in [2.75, 3.05) is 0 Å². The molecule has 0 fully saturated rings. The number of para-hydroxylation sites is 6. The minimum Gasteiger partial charge on any atom is -0.309 e. The van der Waals surface area contributed by atoms with Crippen LogP contribution in [0, 0.1) is 0 Å². The highest BCUT2D eigenvalue weighted by Crippen LogP contribution is 2.46. The number of hydrogen-bond donors (Lipinski definition) is 0. The second-order valence-corrected chi connectivity index (χ2v) is 24.2. The van der Waals surface area contributed by atoms with Gasteiger partial charge in [-0.15, -0.1) is 0 Å². The normalized spacial score (nSPS) is 12.2. The van der Waals surface area contributed by atoms with Crippen LogP contribution in [0.3, 0.4) is 0 Å². The highest BCUT2D eigenvalue weighted by molar-refractivity contribution is 7.19. The predicted octanol–water partition coefficient (Wildman–Crippen LogP) is 15.5. The van der Waals surface area contributed by atoms with Crippen molar-refractivity contribution in [2.24, 2.45) is 0 Å². The van der Waals surface area contributed by atoms with Gasteiger partial charge in [-0.2, -0.15) is 0 Å².